The zero-order valence-electron chi connectivity index (χ0n) is 8.88. The van der Waals surface area contributed by atoms with E-state index in [0.717, 1.165) is 5.69 Å². The highest BCUT2D eigenvalue weighted by Crippen LogP contribution is 2.26. The summed E-state index contributed by atoms with van der Waals surface area (Å²) in [6.07, 6.45) is 2.18. The third kappa shape index (κ3) is 1.76. The third-order valence-corrected chi connectivity index (χ3v) is 2.67. The summed E-state index contributed by atoms with van der Waals surface area (Å²) < 4.78 is 0. The average Bonchev–Trinajstić information content (AvgIpc) is 2.62. The summed E-state index contributed by atoms with van der Waals surface area (Å²) in [6.45, 7) is 1.84. The van der Waals surface area contributed by atoms with Gasteiger partial charge in [0.15, 0.2) is 0 Å². The van der Waals surface area contributed by atoms with Gasteiger partial charge in [0, 0.05) is 12.1 Å². The molecule has 5 heteroatoms. The molecule has 2 rings (SSSR count). The fraction of sp³-hybridized carbons (Fsp3) is 0.364. The Balaban J connectivity index is 2.33. The Labute approximate surface area is 92.7 Å². The summed E-state index contributed by atoms with van der Waals surface area (Å²) >= 11 is 0. The van der Waals surface area contributed by atoms with Crippen molar-refractivity contribution in [1.82, 2.24) is 4.98 Å². The van der Waals surface area contributed by atoms with Gasteiger partial charge in [0.05, 0.1) is 11.9 Å². The molecular weight excluding hydrogens is 208 g/mol. The Bertz CT molecular complexity index is 427. The summed E-state index contributed by atoms with van der Waals surface area (Å²) in [5, 5.41) is 9.00. The van der Waals surface area contributed by atoms with Crippen molar-refractivity contribution < 1.29 is 14.7 Å². The minimum atomic E-state index is -0.966. The maximum Gasteiger partial charge on any atom is 0.326 e. The van der Waals surface area contributed by atoms with Gasteiger partial charge in [-0.15, -0.1) is 0 Å². The van der Waals surface area contributed by atoms with Crippen LogP contribution in [0.2, 0.25) is 0 Å². The van der Waals surface area contributed by atoms with Crippen LogP contribution >= 0.6 is 0 Å². The standard InChI is InChI=1S/C11H12N2O3/c1-7-2-3-8(6-12-7)13-9(11(15)16)4-5-10(13)14/h2-3,6,9H,4-5H2,1H3,(H,15,16)/t9-/m0/s1. The van der Waals surface area contributed by atoms with Crippen molar-refractivity contribution in [1.29, 1.82) is 0 Å². The van der Waals surface area contributed by atoms with E-state index in [1.165, 1.54) is 11.1 Å². The first-order chi connectivity index (χ1) is 7.59. The zero-order valence-corrected chi connectivity index (χ0v) is 8.88. The van der Waals surface area contributed by atoms with Crippen LogP contribution in [0.25, 0.3) is 0 Å². The normalized spacial score (nSPS) is 20.2. The molecule has 1 fully saturated rings. The number of pyridine rings is 1. The fourth-order valence-electron chi connectivity index (χ4n) is 1.84. The van der Waals surface area contributed by atoms with Crippen molar-refractivity contribution in [2.45, 2.75) is 25.8 Å². The number of nitrogens with zero attached hydrogens (tertiary/aromatic N) is 2. The van der Waals surface area contributed by atoms with Gasteiger partial charge in [-0.05, 0) is 25.5 Å². The Morgan fingerprint density at radius 1 is 1.56 bits per heavy atom. The molecule has 16 heavy (non-hydrogen) atoms. The molecule has 1 aliphatic heterocycles. The fourth-order valence-corrected chi connectivity index (χ4v) is 1.84. The number of aliphatic carboxylic acids is 1. The number of carboxylic acid groups (broad SMARTS) is 1. The summed E-state index contributed by atoms with van der Waals surface area (Å²) in [5.74, 6) is -1.12. The van der Waals surface area contributed by atoms with Crippen molar-refractivity contribution in [3.8, 4) is 0 Å². The van der Waals surface area contributed by atoms with E-state index in [1.54, 1.807) is 12.1 Å². The molecule has 1 aromatic heterocycles. The first-order valence-corrected chi connectivity index (χ1v) is 5.07. The van der Waals surface area contributed by atoms with E-state index in [0.29, 0.717) is 12.1 Å². The average molecular weight is 220 g/mol. The maximum absolute atomic E-state index is 11.6. The van der Waals surface area contributed by atoms with Crippen LogP contribution in [0.4, 0.5) is 5.69 Å². The number of carboxylic acids is 1. The van der Waals surface area contributed by atoms with Crippen LogP contribution in [0.5, 0.6) is 0 Å². The molecule has 0 radical (unpaired) electrons. The van der Waals surface area contributed by atoms with Gasteiger partial charge in [-0.1, -0.05) is 0 Å². The molecule has 0 unspecified atom stereocenters. The molecule has 1 amide bonds. The first kappa shape index (κ1) is 10.6. The molecule has 1 aromatic rings. The highest BCUT2D eigenvalue weighted by molar-refractivity contribution is 6.02. The second-order valence-electron chi connectivity index (χ2n) is 3.81. The molecule has 0 aliphatic carbocycles. The number of carbonyl (C=O) groups is 2. The minimum Gasteiger partial charge on any atom is -0.480 e. The molecule has 5 nitrogen and oxygen atoms in total. The lowest BCUT2D eigenvalue weighted by atomic mass is 10.2. The lowest BCUT2D eigenvalue weighted by Crippen LogP contribution is -2.38. The predicted octanol–water partition coefficient (Wildman–Crippen LogP) is 0.970. The predicted molar refractivity (Wildman–Crippen MR) is 57.1 cm³/mol. The first-order valence-electron chi connectivity index (χ1n) is 5.07. The molecule has 0 saturated carbocycles. The Kier molecular flexibility index (Phi) is 2.60. The molecule has 1 N–H and O–H groups in total. The number of aromatic nitrogens is 1. The molecule has 0 bridgehead atoms. The van der Waals surface area contributed by atoms with E-state index in [2.05, 4.69) is 4.98 Å². The smallest absolute Gasteiger partial charge is 0.326 e. The molecule has 1 saturated heterocycles. The van der Waals surface area contributed by atoms with Gasteiger partial charge in [0.1, 0.15) is 6.04 Å². The summed E-state index contributed by atoms with van der Waals surface area (Å²) in [5.41, 5.74) is 1.39. The number of rotatable bonds is 2. The van der Waals surface area contributed by atoms with Gasteiger partial charge in [0.2, 0.25) is 5.91 Å². The van der Waals surface area contributed by atoms with Gasteiger partial charge < -0.3 is 5.11 Å². The van der Waals surface area contributed by atoms with Crippen molar-refractivity contribution in [2.75, 3.05) is 4.90 Å². The molecule has 84 valence electrons. The SMILES string of the molecule is Cc1ccc(N2C(=O)CC[C@H]2C(=O)O)cn1. The minimum absolute atomic E-state index is 0.155. The van der Waals surface area contributed by atoms with Crippen LogP contribution < -0.4 is 4.90 Å². The summed E-state index contributed by atoms with van der Waals surface area (Å²) in [6, 6.07) is 2.73. The van der Waals surface area contributed by atoms with Gasteiger partial charge >= 0.3 is 5.97 Å². The summed E-state index contributed by atoms with van der Waals surface area (Å²) in [7, 11) is 0. The van der Waals surface area contributed by atoms with Gasteiger partial charge in [-0.2, -0.15) is 0 Å². The van der Waals surface area contributed by atoms with E-state index >= 15 is 0 Å². The van der Waals surface area contributed by atoms with E-state index in [9.17, 15) is 9.59 Å². The topological polar surface area (TPSA) is 70.5 Å². The van der Waals surface area contributed by atoms with Crippen LogP contribution in [0.15, 0.2) is 18.3 Å². The monoisotopic (exact) mass is 220 g/mol. The lowest BCUT2D eigenvalue weighted by Gasteiger charge is -2.21. The molecule has 1 atom stereocenters. The highest BCUT2D eigenvalue weighted by atomic mass is 16.4. The van der Waals surface area contributed by atoms with Crippen LogP contribution in [0.3, 0.4) is 0 Å². The van der Waals surface area contributed by atoms with Gasteiger partial charge in [0.25, 0.3) is 0 Å². The number of aryl methyl sites for hydroxylation is 1. The quantitative estimate of drug-likeness (QED) is 0.806. The van der Waals surface area contributed by atoms with Crippen LogP contribution in [-0.2, 0) is 9.59 Å². The number of amides is 1. The summed E-state index contributed by atoms with van der Waals surface area (Å²) in [4.78, 5) is 28.0. The van der Waals surface area contributed by atoms with Crippen molar-refractivity contribution in [2.24, 2.45) is 0 Å². The largest absolute Gasteiger partial charge is 0.480 e. The van der Waals surface area contributed by atoms with E-state index in [1.807, 2.05) is 6.92 Å². The number of hydrogen-bond donors (Lipinski definition) is 1. The number of anilines is 1. The van der Waals surface area contributed by atoms with E-state index in [4.69, 9.17) is 5.11 Å². The molecule has 0 aromatic carbocycles. The zero-order chi connectivity index (χ0) is 11.7. The Morgan fingerprint density at radius 2 is 2.31 bits per heavy atom. The van der Waals surface area contributed by atoms with Crippen molar-refractivity contribution in [3.63, 3.8) is 0 Å². The van der Waals surface area contributed by atoms with E-state index in [-0.39, 0.29) is 12.3 Å². The van der Waals surface area contributed by atoms with Crippen molar-refractivity contribution >= 4 is 17.6 Å². The van der Waals surface area contributed by atoms with Gasteiger partial charge in [-0.3, -0.25) is 14.7 Å². The van der Waals surface area contributed by atoms with E-state index < -0.39 is 12.0 Å². The molecule has 2 heterocycles. The Morgan fingerprint density at radius 3 is 2.88 bits per heavy atom. The molecule has 0 spiro atoms. The van der Waals surface area contributed by atoms with Gasteiger partial charge in [-0.25, -0.2) is 4.79 Å². The number of carbonyl (C=O) groups excluding carboxylic acids is 1. The lowest BCUT2D eigenvalue weighted by molar-refractivity contribution is -0.138. The highest BCUT2D eigenvalue weighted by Gasteiger charge is 2.37. The van der Waals surface area contributed by atoms with Crippen LogP contribution in [0.1, 0.15) is 18.5 Å². The molecule has 1 aliphatic rings. The van der Waals surface area contributed by atoms with Crippen LogP contribution in [0, 0.1) is 6.92 Å². The second-order valence-corrected chi connectivity index (χ2v) is 3.81. The third-order valence-electron chi connectivity index (χ3n) is 2.67. The van der Waals surface area contributed by atoms with Crippen molar-refractivity contribution in [3.05, 3.63) is 24.0 Å². The van der Waals surface area contributed by atoms with Crippen LogP contribution in [-0.4, -0.2) is 28.0 Å². The maximum atomic E-state index is 11.6. The molecular formula is C11H12N2O3. The second kappa shape index (κ2) is 3.92. The number of hydrogen-bond acceptors (Lipinski definition) is 3. The Hall–Kier alpha value is -1.91.